The first-order chi connectivity index (χ1) is 18.6. The number of carbonyl (C=O) groups is 1. The Morgan fingerprint density at radius 1 is 1.15 bits per heavy atom. The molecule has 1 saturated heterocycles. The summed E-state index contributed by atoms with van der Waals surface area (Å²) in [6.45, 7) is 7.55. The average molecular weight is 761 g/mol. The van der Waals surface area contributed by atoms with Crippen molar-refractivity contribution in [2.24, 2.45) is 5.73 Å². The number of nitriles is 1. The van der Waals surface area contributed by atoms with Gasteiger partial charge in [-0.05, 0) is 64.3 Å². The molecule has 0 saturated carbocycles. The van der Waals surface area contributed by atoms with Crippen LogP contribution in [0.2, 0.25) is 0 Å². The monoisotopic (exact) mass is 760 g/mol. The number of phenolic OH excluding ortho intramolecular Hbond substituents is 2. The summed E-state index contributed by atoms with van der Waals surface area (Å²) in [5, 5.41) is 36.4. The Bertz CT molecular complexity index is 1440. The zero-order chi connectivity index (χ0) is 27.9. The summed E-state index contributed by atoms with van der Waals surface area (Å²) in [5.74, 6) is 1.16. The van der Waals surface area contributed by atoms with E-state index in [9.17, 15) is 20.3 Å². The van der Waals surface area contributed by atoms with Crippen LogP contribution in [0.25, 0.3) is 0 Å². The second-order valence-electron chi connectivity index (χ2n) is 11.4. The molecular formula is C29H35AcN5O5. The minimum Gasteiger partial charge on any atom is -0.507 e. The van der Waals surface area contributed by atoms with Crippen LogP contribution in [-0.4, -0.2) is 70.5 Å². The second kappa shape index (κ2) is 10.6. The topological polar surface area (TPSA) is 144 Å². The van der Waals surface area contributed by atoms with Gasteiger partial charge in [-0.1, -0.05) is 6.07 Å². The Morgan fingerprint density at radius 3 is 2.52 bits per heavy atom. The normalized spacial score (nSPS) is 27.0. The van der Waals surface area contributed by atoms with Gasteiger partial charge in [-0.25, -0.2) is 0 Å². The number of fused-ring (bicyclic) bond motifs is 9. The van der Waals surface area contributed by atoms with Crippen molar-refractivity contribution in [1.29, 1.82) is 5.26 Å². The molecule has 40 heavy (non-hydrogen) atoms. The van der Waals surface area contributed by atoms with E-state index in [0.717, 1.165) is 33.4 Å². The van der Waals surface area contributed by atoms with Gasteiger partial charge in [0.2, 0.25) is 12.7 Å². The number of rotatable bonds is 3. The molecule has 4 aliphatic rings. The van der Waals surface area contributed by atoms with E-state index in [1.165, 1.54) is 0 Å². The third-order valence-electron chi connectivity index (χ3n) is 9.34. The Kier molecular flexibility index (Phi) is 7.82. The molecular weight excluding hydrogens is 725 g/mol. The molecule has 4 heterocycles. The van der Waals surface area contributed by atoms with Crippen molar-refractivity contribution < 1.29 is 68.5 Å². The fraction of sp³-hybridized carbons (Fsp3) is 0.517. The predicted molar refractivity (Wildman–Crippen MR) is 143 cm³/mol. The fourth-order valence-electron chi connectivity index (χ4n) is 7.27. The maximum absolute atomic E-state index is 12.6. The Hall–Kier alpha value is -2.08. The van der Waals surface area contributed by atoms with Crippen molar-refractivity contribution in [2.75, 3.05) is 20.4 Å². The van der Waals surface area contributed by atoms with Crippen LogP contribution in [0.5, 0.6) is 23.0 Å². The van der Waals surface area contributed by atoms with Crippen molar-refractivity contribution in [3.05, 3.63) is 45.0 Å². The quantitative estimate of drug-likeness (QED) is 0.370. The van der Waals surface area contributed by atoms with Crippen molar-refractivity contribution in [1.82, 2.24) is 15.1 Å². The van der Waals surface area contributed by atoms with Gasteiger partial charge in [0.25, 0.3) is 0 Å². The number of nitrogens with two attached hydrogens (primary N) is 1. The second-order valence-corrected chi connectivity index (χ2v) is 11.4. The summed E-state index contributed by atoms with van der Waals surface area (Å²) < 4.78 is 11.7. The summed E-state index contributed by atoms with van der Waals surface area (Å²) in [6.07, 6.45) is 1.04. The molecule has 5 N–H and O–H groups in total. The molecule has 11 heteroatoms. The SMILES string of the molecule is Cc1cc2c(c(O)c1C)[C@@H]1C3Cc4c(O)c(C)c5c(c4[C@H](CNC(=O)[C@@H](C)N)N3[C@@H](C#N)[C@@H](C2)N1C)OCO5.[Ac]. The first-order valence-corrected chi connectivity index (χ1v) is 13.4. The van der Waals surface area contributed by atoms with Crippen molar-refractivity contribution >= 4 is 5.91 Å². The number of carbonyl (C=O) groups excluding carboxylic acids is 1. The van der Waals surface area contributed by atoms with E-state index >= 15 is 0 Å². The number of aryl methyl sites for hydroxylation is 1. The number of phenols is 2. The van der Waals surface area contributed by atoms with Crippen LogP contribution in [-0.2, 0) is 17.6 Å². The molecule has 4 aliphatic heterocycles. The smallest absolute Gasteiger partial charge is 0.236 e. The number of nitrogens with zero attached hydrogens (tertiary/aromatic N) is 3. The maximum Gasteiger partial charge on any atom is 0.236 e. The molecule has 1 amide bonds. The van der Waals surface area contributed by atoms with Crippen LogP contribution in [0.3, 0.4) is 0 Å². The molecule has 0 spiro atoms. The molecule has 6 atom stereocenters. The number of amides is 1. The van der Waals surface area contributed by atoms with Crippen LogP contribution in [0, 0.1) is 76.2 Å². The van der Waals surface area contributed by atoms with E-state index in [1.54, 1.807) is 13.8 Å². The summed E-state index contributed by atoms with van der Waals surface area (Å²) in [5.41, 5.74) is 11.7. The molecule has 2 aromatic rings. The minimum atomic E-state index is -0.700. The average Bonchev–Trinajstić information content (AvgIpc) is 3.39. The molecule has 2 aromatic carbocycles. The maximum atomic E-state index is 12.6. The van der Waals surface area contributed by atoms with Gasteiger partial charge in [0.15, 0.2) is 11.5 Å². The number of nitrogens with one attached hydrogen (secondary N) is 1. The van der Waals surface area contributed by atoms with Crippen LogP contribution < -0.4 is 20.5 Å². The zero-order valence-electron chi connectivity index (χ0n) is 23.5. The van der Waals surface area contributed by atoms with Crippen LogP contribution >= 0.6 is 0 Å². The zero-order valence-corrected chi connectivity index (χ0v) is 28.2. The first kappa shape index (κ1) is 29.4. The van der Waals surface area contributed by atoms with Gasteiger partial charge in [0, 0.05) is 84.9 Å². The third kappa shape index (κ3) is 4.14. The van der Waals surface area contributed by atoms with Crippen LogP contribution in [0.1, 0.15) is 58.0 Å². The number of aromatic hydroxyl groups is 2. The van der Waals surface area contributed by atoms with Gasteiger partial charge in [0.05, 0.1) is 24.2 Å². The van der Waals surface area contributed by atoms with Gasteiger partial charge in [-0.2, -0.15) is 5.26 Å². The van der Waals surface area contributed by atoms with Crippen molar-refractivity contribution in [3.8, 4) is 29.1 Å². The van der Waals surface area contributed by atoms with Gasteiger partial charge < -0.3 is 30.7 Å². The minimum absolute atomic E-state index is 0. The van der Waals surface area contributed by atoms with Gasteiger partial charge >= 0.3 is 0 Å². The summed E-state index contributed by atoms with van der Waals surface area (Å²) >= 11 is 0. The molecule has 209 valence electrons. The van der Waals surface area contributed by atoms with Gasteiger partial charge in [-0.3, -0.25) is 14.6 Å². The summed E-state index contributed by atoms with van der Waals surface area (Å²) in [4.78, 5) is 17.0. The van der Waals surface area contributed by atoms with Crippen LogP contribution in [0.4, 0.5) is 0 Å². The Balaban J connectivity index is 0.00000323. The number of hydrogen-bond donors (Lipinski definition) is 4. The first-order valence-electron chi connectivity index (χ1n) is 13.4. The molecule has 10 nitrogen and oxygen atoms in total. The van der Waals surface area contributed by atoms with E-state index < -0.39 is 18.1 Å². The van der Waals surface area contributed by atoms with E-state index in [-0.39, 0.29) is 92.9 Å². The van der Waals surface area contributed by atoms with Crippen LogP contribution in [0.15, 0.2) is 6.07 Å². The van der Waals surface area contributed by atoms with Gasteiger partial charge in [-0.15, -0.1) is 0 Å². The number of hydrogen-bond acceptors (Lipinski definition) is 9. The Labute approximate surface area is 270 Å². The standard InChI is InChI=1S/C29H35N5O5.Ac/c1-12-6-16-7-18-20(9-30)34-19(24(33(18)5)22(16)26(36)13(12)2)8-17-23(21(34)10-32-29(37)15(4)31)28-27(38-11-39-28)14(3)25(17)35;/h6,15,18-21,24,35-36H,7-8,10-11,31H2,1-5H3,(H,32,37);/t15-,18-,19?,20+,21+,24+;/m1./s1. The molecule has 1 unspecified atom stereocenters. The molecule has 6 rings (SSSR count). The molecule has 2 bridgehead atoms. The Morgan fingerprint density at radius 2 is 1.85 bits per heavy atom. The van der Waals surface area contributed by atoms with E-state index in [1.807, 2.05) is 20.9 Å². The van der Waals surface area contributed by atoms with Crippen molar-refractivity contribution in [3.63, 3.8) is 0 Å². The number of piperazine rings is 1. The van der Waals surface area contributed by atoms with E-state index in [0.29, 0.717) is 29.9 Å². The summed E-state index contributed by atoms with van der Waals surface area (Å²) in [7, 11) is 2.02. The number of ether oxygens (including phenoxy) is 2. The number of benzene rings is 2. The summed E-state index contributed by atoms with van der Waals surface area (Å²) in [6, 6.07) is 2.38. The van der Waals surface area contributed by atoms with E-state index in [4.69, 9.17) is 15.2 Å². The van der Waals surface area contributed by atoms with Gasteiger partial charge in [0.1, 0.15) is 17.5 Å². The third-order valence-corrected chi connectivity index (χ3v) is 9.34. The molecule has 1 fully saturated rings. The van der Waals surface area contributed by atoms with Crippen molar-refractivity contribution in [2.45, 2.75) is 76.8 Å². The predicted octanol–water partition coefficient (Wildman–Crippen LogP) is 1.99. The number of likely N-dealkylation sites (N-methyl/N-ethyl adjacent to an activating group) is 1. The fourth-order valence-corrected chi connectivity index (χ4v) is 7.27. The molecule has 1 radical (unpaired) electrons. The molecule has 0 aromatic heterocycles. The largest absolute Gasteiger partial charge is 0.507 e. The molecule has 0 aliphatic carbocycles. The van der Waals surface area contributed by atoms with E-state index in [2.05, 4.69) is 27.3 Å².